The van der Waals surface area contributed by atoms with Crippen LogP contribution in [0.2, 0.25) is 0 Å². The first-order valence-corrected chi connectivity index (χ1v) is 13.1. The molecular weight excluding hydrogens is 449 g/mol. The van der Waals surface area contributed by atoms with Gasteiger partial charge < -0.3 is 9.30 Å². The molecule has 3 heterocycles. The molecule has 176 valence electrons. The highest BCUT2D eigenvalue weighted by molar-refractivity contribution is 6.99. The van der Waals surface area contributed by atoms with Crippen LogP contribution in [0.25, 0.3) is 38.6 Å². The van der Waals surface area contributed by atoms with E-state index in [4.69, 9.17) is 4.74 Å². The number of para-hydroxylation sites is 2. The maximum atomic E-state index is 6.68. The smallest absolute Gasteiger partial charge is 0.256 e. The Hall–Kier alpha value is -4.24. The second-order valence-electron chi connectivity index (χ2n) is 11.4. The first-order valence-electron chi connectivity index (χ1n) is 13.1. The lowest BCUT2D eigenvalue weighted by Gasteiger charge is -2.34. The van der Waals surface area contributed by atoms with Gasteiger partial charge >= 0.3 is 0 Å². The van der Waals surface area contributed by atoms with Gasteiger partial charge in [-0.05, 0) is 62.8 Å². The molecular formula is C34H26BNO. The monoisotopic (exact) mass is 475 g/mol. The summed E-state index contributed by atoms with van der Waals surface area (Å²) in [4.78, 5) is 0. The number of fused-ring (bicyclic) bond motifs is 8. The minimum absolute atomic E-state index is 0.0575. The summed E-state index contributed by atoms with van der Waals surface area (Å²) in [6.45, 7) is 7.02. The normalized spacial score (nSPS) is 13.4. The number of hydrogen-bond donors (Lipinski definition) is 0. The average Bonchev–Trinajstić information content (AvgIpc) is 3.27. The predicted molar refractivity (Wildman–Crippen MR) is 156 cm³/mol. The van der Waals surface area contributed by atoms with E-state index in [0.717, 1.165) is 11.5 Å². The molecule has 2 aliphatic heterocycles. The van der Waals surface area contributed by atoms with Crippen LogP contribution in [-0.2, 0) is 5.41 Å². The molecule has 0 saturated carbocycles. The van der Waals surface area contributed by atoms with Crippen LogP contribution in [-0.4, -0.2) is 11.3 Å². The maximum Gasteiger partial charge on any atom is 0.256 e. The van der Waals surface area contributed by atoms with Gasteiger partial charge in [0.15, 0.2) is 0 Å². The zero-order valence-corrected chi connectivity index (χ0v) is 21.2. The van der Waals surface area contributed by atoms with Gasteiger partial charge in [0.1, 0.15) is 11.5 Å². The second-order valence-corrected chi connectivity index (χ2v) is 11.4. The number of ether oxygens (including phenoxy) is 1. The molecule has 1 aromatic heterocycles. The molecule has 6 aromatic rings. The fourth-order valence-electron chi connectivity index (χ4n) is 6.48. The van der Waals surface area contributed by atoms with Crippen molar-refractivity contribution >= 4 is 44.9 Å². The van der Waals surface area contributed by atoms with E-state index in [0.29, 0.717) is 0 Å². The summed E-state index contributed by atoms with van der Waals surface area (Å²) in [5, 5.41) is 2.59. The molecule has 0 saturated heterocycles. The molecule has 0 fully saturated rings. The van der Waals surface area contributed by atoms with Gasteiger partial charge in [-0.3, -0.25) is 0 Å². The number of hydrogen-bond acceptors (Lipinski definition) is 1. The highest BCUT2D eigenvalue weighted by Gasteiger charge is 2.41. The molecule has 0 amide bonds. The van der Waals surface area contributed by atoms with E-state index in [1.54, 1.807) is 0 Å². The van der Waals surface area contributed by atoms with Gasteiger partial charge in [-0.15, -0.1) is 0 Å². The summed E-state index contributed by atoms with van der Waals surface area (Å²) in [5.74, 6) is 1.92. The molecule has 5 aromatic carbocycles. The van der Waals surface area contributed by atoms with Gasteiger partial charge in [0.2, 0.25) is 0 Å². The van der Waals surface area contributed by atoms with Crippen LogP contribution in [0.1, 0.15) is 26.3 Å². The summed E-state index contributed by atoms with van der Waals surface area (Å²) in [6, 6.07) is 37.5. The van der Waals surface area contributed by atoms with Crippen LogP contribution in [0.15, 0.2) is 103 Å². The Balaban J connectivity index is 1.61. The zero-order valence-electron chi connectivity index (χ0n) is 21.2. The number of rotatable bonds is 1. The molecule has 2 aliphatic rings. The molecule has 0 unspecified atom stereocenters. The molecule has 0 aliphatic carbocycles. The van der Waals surface area contributed by atoms with Crippen LogP contribution in [0.4, 0.5) is 0 Å². The molecule has 2 nitrogen and oxygen atoms in total. The van der Waals surface area contributed by atoms with Crippen LogP contribution in [0.3, 0.4) is 0 Å². The quantitative estimate of drug-likeness (QED) is 0.242. The third-order valence-electron chi connectivity index (χ3n) is 8.21. The van der Waals surface area contributed by atoms with Gasteiger partial charge in [0, 0.05) is 16.5 Å². The molecule has 37 heavy (non-hydrogen) atoms. The van der Waals surface area contributed by atoms with E-state index in [2.05, 4.69) is 128 Å². The van der Waals surface area contributed by atoms with Crippen molar-refractivity contribution in [3.8, 4) is 28.3 Å². The first kappa shape index (κ1) is 20.9. The van der Waals surface area contributed by atoms with Crippen molar-refractivity contribution in [3.63, 3.8) is 0 Å². The molecule has 0 bridgehead atoms. The van der Waals surface area contributed by atoms with E-state index < -0.39 is 0 Å². The third kappa shape index (κ3) is 2.77. The molecule has 0 spiro atoms. The van der Waals surface area contributed by atoms with Crippen molar-refractivity contribution in [1.29, 1.82) is 0 Å². The number of nitrogens with zero attached hydrogens (tertiary/aromatic N) is 1. The molecule has 0 atom stereocenters. The van der Waals surface area contributed by atoms with Crippen molar-refractivity contribution < 1.29 is 4.74 Å². The van der Waals surface area contributed by atoms with Gasteiger partial charge in [-0.1, -0.05) is 99.6 Å². The molecule has 8 rings (SSSR count). The van der Waals surface area contributed by atoms with Crippen LogP contribution >= 0.6 is 0 Å². The van der Waals surface area contributed by atoms with Crippen molar-refractivity contribution in [2.75, 3.05) is 0 Å². The minimum atomic E-state index is 0.0575. The summed E-state index contributed by atoms with van der Waals surface area (Å²) in [7, 11) is 0. The Bertz CT molecular complexity index is 1890. The number of benzene rings is 5. The van der Waals surface area contributed by atoms with E-state index in [9.17, 15) is 0 Å². The summed E-state index contributed by atoms with van der Waals surface area (Å²) < 4.78 is 9.19. The van der Waals surface area contributed by atoms with Gasteiger partial charge in [-0.2, -0.15) is 0 Å². The largest absolute Gasteiger partial charge is 0.458 e. The maximum absolute atomic E-state index is 6.68. The van der Waals surface area contributed by atoms with Gasteiger partial charge in [-0.25, -0.2) is 0 Å². The molecule has 3 heteroatoms. The van der Waals surface area contributed by atoms with Crippen LogP contribution < -0.4 is 21.1 Å². The number of aromatic nitrogens is 1. The fourth-order valence-corrected chi connectivity index (χ4v) is 6.48. The molecule has 0 radical (unpaired) electrons. The Labute approximate surface area is 217 Å². The Morgan fingerprint density at radius 3 is 2.30 bits per heavy atom. The topological polar surface area (TPSA) is 14.2 Å². The Morgan fingerprint density at radius 2 is 1.46 bits per heavy atom. The SMILES string of the molecule is CC(C)(C)c1ccc2c(c1)-n1c3ccccc3c3c(-c4ccccc4)cc4c(c31)B2c1ccccc1O4. The van der Waals surface area contributed by atoms with Gasteiger partial charge in [0.05, 0.1) is 11.0 Å². The predicted octanol–water partition coefficient (Wildman–Crippen LogP) is 6.68. The lowest BCUT2D eigenvalue weighted by Crippen LogP contribution is -2.58. The molecule has 0 N–H and O–H groups in total. The Morgan fingerprint density at radius 1 is 0.703 bits per heavy atom. The Kier molecular flexibility index (Phi) is 4.05. The lowest BCUT2D eigenvalue weighted by atomic mass is 9.34. The van der Waals surface area contributed by atoms with Gasteiger partial charge in [0.25, 0.3) is 6.71 Å². The summed E-state index contributed by atoms with van der Waals surface area (Å²) in [6.07, 6.45) is 0. The minimum Gasteiger partial charge on any atom is -0.458 e. The second kappa shape index (κ2) is 7.17. The summed E-state index contributed by atoms with van der Waals surface area (Å²) >= 11 is 0. The highest BCUT2D eigenvalue weighted by Crippen LogP contribution is 2.44. The third-order valence-corrected chi connectivity index (χ3v) is 8.21. The first-order chi connectivity index (χ1) is 18.0. The van der Waals surface area contributed by atoms with Crippen molar-refractivity contribution in [2.45, 2.75) is 26.2 Å². The average molecular weight is 475 g/mol. The standard InChI is InChI=1S/C34H26BNO/c1-34(2,3)22-17-18-25-28(19-22)36-27-15-9-7-13-23(27)31-24(21-11-5-4-6-12-21)20-30-32(33(31)36)35(25)26-14-8-10-16-29(26)37-30/h4-20H,1-3H3. The van der Waals surface area contributed by atoms with Crippen LogP contribution in [0, 0.1) is 0 Å². The van der Waals surface area contributed by atoms with Crippen molar-refractivity contribution in [3.05, 3.63) is 109 Å². The summed E-state index contributed by atoms with van der Waals surface area (Å²) in [5.41, 5.74) is 11.5. The van der Waals surface area contributed by atoms with E-state index in [-0.39, 0.29) is 12.1 Å². The van der Waals surface area contributed by atoms with Crippen LogP contribution in [0.5, 0.6) is 11.5 Å². The van der Waals surface area contributed by atoms with E-state index in [1.807, 2.05) is 0 Å². The van der Waals surface area contributed by atoms with Crippen molar-refractivity contribution in [1.82, 2.24) is 4.57 Å². The highest BCUT2D eigenvalue weighted by atomic mass is 16.5. The van der Waals surface area contributed by atoms with Crippen molar-refractivity contribution in [2.24, 2.45) is 0 Å². The fraction of sp³-hybridized carbons (Fsp3) is 0.118. The lowest BCUT2D eigenvalue weighted by molar-refractivity contribution is 0.488. The zero-order chi connectivity index (χ0) is 24.9. The van der Waals surface area contributed by atoms with E-state index in [1.165, 1.54) is 60.6 Å². The van der Waals surface area contributed by atoms with E-state index >= 15 is 0 Å².